The van der Waals surface area contributed by atoms with E-state index in [2.05, 4.69) is 26.3 Å². The minimum Gasteiger partial charge on any atom is -0.314 e. The first-order valence-corrected chi connectivity index (χ1v) is 6.04. The van der Waals surface area contributed by atoms with Crippen LogP contribution in [0.2, 0.25) is 0 Å². The molecule has 1 heterocycles. The summed E-state index contributed by atoms with van der Waals surface area (Å²) in [5, 5.41) is 7.37. The fourth-order valence-corrected chi connectivity index (χ4v) is 2.04. The molecule has 5 heteroatoms. The Hall–Kier alpha value is -1.20. The van der Waals surface area contributed by atoms with E-state index in [1.807, 2.05) is 20.2 Å². The molecule has 1 aromatic carbocycles. The lowest BCUT2D eigenvalue weighted by Gasteiger charge is -1.99. The SMILES string of the molecule is CNCc1cc(-c2cc(Br)ccc2F)nn1C. The molecular formula is C12H13BrFN3. The van der Waals surface area contributed by atoms with Gasteiger partial charge in [-0.2, -0.15) is 5.10 Å². The monoisotopic (exact) mass is 297 g/mol. The maximum atomic E-state index is 13.7. The van der Waals surface area contributed by atoms with Gasteiger partial charge in [0.1, 0.15) is 5.82 Å². The van der Waals surface area contributed by atoms with Crippen molar-refractivity contribution in [2.45, 2.75) is 6.54 Å². The van der Waals surface area contributed by atoms with Crippen molar-refractivity contribution in [1.29, 1.82) is 0 Å². The smallest absolute Gasteiger partial charge is 0.132 e. The lowest BCUT2D eigenvalue weighted by atomic mass is 10.1. The largest absolute Gasteiger partial charge is 0.314 e. The average molecular weight is 298 g/mol. The second-order valence-corrected chi connectivity index (χ2v) is 4.71. The zero-order chi connectivity index (χ0) is 12.4. The normalized spacial score (nSPS) is 10.8. The van der Waals surface area contributed by atoms with Crippen molar-refractivity contribution in [1.82, 2.24) is 15.1 Å². The highest BCUT2D eigenvalue weighted by Crippen LogP contribution is 2.25. The van der Waals surface area contributed by atoms with Gasteiger partial charge in [-0.1, -0.05) is 15.9 Å². The topological polar surface area (TPSA) is 29.9 Å². The third kappa shape index (κ3) is 2.56. The first-order chi connectivity index (χ1) is 8.11. The Labute approximate surface area is 108 Å². The summed E-state index contributed by atoms with van der Waals surface area (Å²) in [6.07, 6.45) is 0. The van der Waals surface area contributed by atoms with Gasteiger partial charge < -0.3 is 5.32 Å². The van der Waals surface area contributed by atoms with Gasteiger partial charge in [-0.15, -0.1) is 0 Å². The molecule has 0 radical (unpaired) electrons. The number of aryl methyl sites for hydroxylation is 1. The number of hydrogen-bond donors (Lipinski definition) is 1. The van der Waals surface area contributed by atoms with Crippen LogP contribution < -0.4 is 5.32 Å². The highest BCUT2D eigenvalue weighted by molar-refractivity contribution is 9.10. The molecule has 0 spiro atoms. The zero-order valence-corrected chi connectivity index (χ0v) is 11.3. The van der Waals surface area contributed by atoms with Gasteiger partial charge in [0.2, 0.25) is 0 Å². The molecule has 0 aliphatic carbocycles. The van der Waals surface area contributed by atoms with E-state index in [-0.39, 0.29) is 5.82 Å². The second kappa shape index (κ2) is 4.98. The van der Waals surface area contributed by atoms with Crippen molar-refractivity contribution < 1.29 is 4.39 Å². The summed E-state index contributed by atoms with van der Waals surface area (Å²) in [5.74, 6) is -0.262. The molecule has 0 aliphatic heterocycles. The van der Waals surface area contributed by atoms with E-state index in [9.17, 15) is 4.39 Å². The molecule has 2 aromatic rings. The lowest BCUT2D eigenvalue weighted by Crippen LogP contribution is -2.09. The number of nitrogens with zero attached hydrogens (tertiary/aromatic N) is 2. The average Bonchev–Trinajstić information content (AvgIpc) is 2.64. The second-order valence-electron chi connectivity index (χ2n) is 3.80. The Balaban J connectivity index is 2.45. The van der Waals surface area contributed by atoms with Crippen LogP contribution in [-0.4, -0.2) is 16.8 Å². The predicted molar refractivity (Wildman–Crippen MR) is 69.1 cm³/mol. The molecule has 3 nitrogen and oxygen atoms in total. The number of hydrogen-bond acceptors (Lipinski definition) is 2. The van der Waals surface area contributed by atoms with Crippen LogP contribution in [0.25, 0.3) is 11.3 Å². The standard InChI is InChI=1S/C12H13BrFN3/c1-15-7-9-6-12(16-17(9)2)10-5-8(13)3-4-11(10)14/h3-6,15H,7H2,1-2H3. The molecule has 2 rings (SSSR count). The summed E-state index contributed by atoms with van der Waals surface area (Å²) in [5.41, 5.74) is 2.18. The van der Waals surface area contributed by atoms with Gasteiger partial charge in [-0.05, 0) is 31.3 Å². The maximum Gasteiger partial charge on any atom is 0.132 e. The van der Waals surface area contributed by atoms with Crippen LogP contribution in [0.1, 0.15) is 5.69 Å². The fourth-order valence-electron chi connectivity index (χ4n) is 1.68. The third-order valence-electron chi connectivity index (χ3n) is 2.54. The van der Waals surface area contributed by atoms with Gasteiger partial charge in [-0.3, -0.25) is 4.68 Å². The van der Waals surface area contributed by atoms with Crippen molar-refractivity contribution >= 4 is 15.9 Å². The van der Waals surface area contributed by atoms with Crippen molar-refractivity contribution in [2.24, 2.45) is 7.05 Å². The molecule has 0 unspecified atom stereocenters. The molecule has 0 amide bonds. The minimum absolute atomic E-state index is 0.262. The molecule has 0 saturated carbocycles. The molecule has 0 aliphatic rings. The van der Waals surface area contributed by atoms with Gasteiger partial charge in [0.25, 0.3) is 0 Å². The van der Waals surface area contributed by atoms with Crippen LogP contribution in [0.15, 0.2) is 28.7 Å². The first kappa shape index (κ1) is 12.3. The molecule has 17 heavy (non-hydrogen) atoms. The molecular weight excluding hydrogens is 285 g/mol. The van der Waals surface area contributed by atoms with E-state index in [1.165, 1.54) is 6.07 Å². The number of halogens is 2. The van der Waals surface area contributed by atoms with Gasteiger partial charge in [0, 0.05) is 23.6 Å². The zero-order valence-electron chi connectivity index (χ0n) is 9.67. The summed E-state index contributed by atoms with van der Waals surface area (Å²) < 4.78 is 16.3. The summed E-state index contributed by atoms with van der Waals surface area (Å²) in [6.45, 7) is 0.707. The van der Waals surface area contributed by atoms with Gasteiger partial charge in [-0.25, -0.2) is 4.39 Å². The lowest BCUT2D eigenvalue weighted by molar-refractivity contribution is 0.629. The molecule has 1 N–H and O–H groups in total. The first-order valence-electron chi connectivity index (χ1n) is 5.24. The maximum absolute atomic E-state index is 13.7. The van der Waals surface area contributed by atoms with Crippen molar-refractivity contribution in [2.75, 3.05) is 7.05 Å². The van der Waals surface area contributed by atoms with Gasteiger partial charge in [0.15, 0.2) is 0 Å². The van der Waals surface area contributed by atoms with E-state index in [0.717, 1.165) is 10.2 Å². The Kier molecular flexibility index (Phi) is 3.59. The Morgan fingerprint density at radius 2 is 2.18 bits per heavy atom. The molecule has 0 atom stereocenters. The minimum atomic E-state index is -0.262. The molecule has 1 aromatic heterocycles. The third-order valence-corrected chi connectivity index (χ3v) is 3.03. The molecule has 0 bridgehead atoms. The predicted octanol–water partition coefficient (Wildman–Crippen LogP) is 2.71. The number of aromatic nitrogens is 2. The van der Waals surface area contributed by atoms with Crippen molar-refractivity contribution in [3.05, 3.63) is 40.2 Å². The Bertz CT molecular complexity index is 537. The highest BCUT2D eigenvalue weighted by atomic mass is 79.9. The van der Waals surface area contributed by atoms with E-state index in [4.69, 9.17) is 0 Å². The summed E-state index contributed by atoms with van der Waals surface area (Å²) >= 11 is 3.34. The number of rotatable bonds is 3. The summed E-state index contributed by atoms with van der Waals surface area (Å²) in [6, 6.07) is 6.74. The van der Waals surface area contributed by atoms with Gasteiger partial charge in [0.05, 0.1) is 11.4 Å². The van der Waals surface area contributed by atoms with Crippen LogP contribution in [0.5, 0.6) is 0 Å². The van der Waals surface area contributed by atoms with Gasteiger partial charge >= 0.3 is 0 Å². The van der Waals surface area contributed by atoms with Crippen LogP contribution in [0, 0.1) is 5.82 Å². The number of nitrogens with one attached hydrogen (secondary N) is 1. The van der Waals surface area contributed by atoms with Crippen LogP contribution in [-0.2, 0) is 13.6 Å². The quantitative estimate of drug-likeness (QED) is 0.944. The molecule has 0 saturated heterocycles. The summed E-state index contributed by atoms with van der Waals surface area (Å²) in [7, 11) is 3.72. The van der Waals surface area contributed by atoms with E-state index in [1.54, 1.807) is 16.8 Å². The number of benzene rings is 1. The van der Waals surface area contributed by atoms with Crippen LogP contribution >= 0.6 is 15.9 Å². The van der Waals surface area contributed by atoms with Crippen molar-refractivity contribution in [3.8, 4) is 11.3 Å². The van der Waals surface area contributed by atoms with E-state index >= 15 is 0 Å². The molecule has 0 fully saturated rings. The molecule has 90 valence electrons. The van der Waals surface area contributed by atoms with Crippen LogP contribution in [0.3, 0.4) is 0 Å². The van der Waals surface area contributed by atoms with E-state index in [0.29, 0.717) is 17.8 Å². The Morgan fingerprint density at radius 1 is 1.41 bits per heavy atom. The van der Waals surface area contributed by atoms with E-state index < -0.39 is 0 Å². The highest BCUT2D eigenvalue weighted by Gasteiger charge is 2.11. The van der Waals surface area contributed by atoms with Crippen LogP contribution in [0.4, 0.5) is 4.39 Å². The van der Waals surface area contributed by atoms with Crippen molar-refractivity contribution in [3.63, 3.8) is 0 Å². The fraction of sp³-hybridized carbons (Fsp3) is 0.250. The Morgan fingerprint density at radius 3 is 2.88 bits per heavy atom. The summed E-state index contributed by atoms with van der Waals surface area (Å²) in [4.78, 5) is 0.